The molecule has 0 aromatic carbocycles. The van der Waals surface area contributed by atoms with Gasteiger partial charge in [0.2, 0.25) is 0 Å². The standard InChI is InChI=1S/C9H6BrNO2S/c10-7-2-1-6(14-7)5-3-4-11-8(5)9(12)13/h1-4,11H,(H,12,13). The lowest BCUT2D eigenvalue weighted by molar-refractivity contribution is 0.0692. The third kappa shape index (κ3) is 1.60. The van der Waals surface area contributed by atoms with Crippen molar-refractivity contribution in [3.8, 4) is 10.4 Å². The third-order valence-corrected chi connectivity index (χ3v) is 3.46. The van der Waals surface area contributed by atoms with Crippen molar-refractivity contribution in [3.05, 3.63) is 33.9 Å². The number of carbonyl (C=O) groups is 1. The lowest BCUT2D eigenvalue weighted by Gasteiger charge is -1.94. The Morgan fingerprint density at radius 1 is 1.43 bits per heavy atom. The summed E-state index contributed by atoms with van der Waals surface area (Å²) in [7, 11) is 0. The molecule has 2 rings (SSSR count). The molecular formula is C9H6BrNO2S. The zero-order chi connectivity index (χ0) is 10.1. The van der Waals surface area contributed by atoms with Crippen molar-refractivity contribution >= 4 is 33.2 Å². The molecule has 2 heterocycles. The van der Waals surface area contributed by atoms with Crippen LogP contribution in [-0.2, 0) is 0 Å². The van der Waals surface area contributed by atoms with Gasteiger partial charge in [-0.15, -0.1) is 11.3 Å². The van der Waals surface area contributed by atoms with Crippen LogP contribution in [0.15, 0.2) is 28.2 Å². The molecule has 2 aromatic rings. The van der Waals surface area contributed by atoms with Gasteiger partial charge in [-0.25, -0.2) is 4.79 Å². The number of aromatic amines is 1. The summed E-state index contributed by atoms with van der Waals surface area (Å²) in [4.78, 5) is 14.5. The van der Waals surface area contributed by atoms with E-state index < -0.39 is 5.97 Å². The molecule has 0 saturated carbocycles. The molecule has 2 aromatic heterocycles. The van der Waals surface area contributed by atoms with Gasteiger partial charge in [0, 0.05) is 16.6 Å². The van der Waals surface area contributed by atoms with E-state index in [1.54, 1.807) is 12.3 Å². The van der Waals surface area contributed by atoms with E-state index in [1.807, 2.05) is 12.1 Å². The summed E-state index contributed by atoms with van der Waals surface area (Å²) in [6, 6.07) is 5.56. The van der Waals surface area contributed by atoms with Gasteiger partial charge in [-0.3, -0.25) is 0 Å². The van der Waals surface area contributed by atoms with Gasteiger partial charge in [0.25, 0.3) is 0 Å². The number of halogens is 1. The van der Waals surface area contributed by atoms with Crippen LogP contribution < -0.4 is 0 Å². The summed E-state index contributed by atoms with van der Waals surface area (Å²) in [6.45, 7) is 0. The van der Waals surface area contributed by atoms with Crippen LogP contribution in [0.2, 0.25) is 0 Å². The summed E-state index contributed by atoms with van der Waals surface area (Å²) in [5.41, 5.74) is 0.965. The van der Waals surface area contributed by atoms with Gasteiger partial charge in [-0.05, 0) is 34.1 Å². The maximum absolute atomic E-state index is 10.8. The Kier molecular flexibility index (Phi) is 2.43. The van der Waals surface area contributed by atoms with Gasteiger partial charge >= 0.3 is 5.97 Å². The Morgan fingerprint density at radius 3 is 2.79 bits per heavy atom. The van der Waals surface area contributed by atoms with E-state index in [4.69, 9.17) is 5.11 Å². The number of thiophene rings is 1. The Labute approximate surface area is 92.5 Å². The lowest BCUT2D eigenvalue weighted by Crippen LogP contribution is -1.97. The summed E-state index contributed by atoms with van der Waals surface area (Å²) < 4.78 is 0.991. The van der Waals surface area contributed by atoms with E-state index in [0.29, 0.717) is 0 Å². The second-order valence-corrected chi connectivity index (χ2v) is 5.14. The van der Waals surface area contributed by atoms with Crippen LogP contribution in [0.5, 0.6) is 0 Å². The molecule has 5 heteroatoms. The first-order valence-electron chi connectivity index (χ1n) is 3.85. The molecule has 0 atom stereocenters. The first-order chi connectivity index (χ1) is 6.68. The van der Waals surface area contributed by atoms with Gasteiger partial charge < -0.3 is 10.1 Å². The molecule has 14 heavy (non-hydrogen) atoms. The van der Waals surface area contributed by atoms with Crippen molar-refractivity contribution in [3.63, 3.8) is 0 Å². The average Bonchev–Trinajstić information content (AvgIpc) is 2.70. The molecular weight excluding hydrogens is 266 g/mol. The summed E-state index contributed by atoms with van der Waals surface area (Å²) >= 11 is 4.85. The molecule has 0 bridgehead atoms. The Morgan fingerprint density at radius 2 is 2.21 bits per heavy atom. The van der Waals surface area contributed by atoms with Crippen molar-refractivity contribution in [1.82, 2.24) is 4.98 Å². The predicted octanol–water partition coefficient (Wildman–Crippen LogP) is 3.20. The fraction of sp³-hybridized carbons (Fsp3) is 0. The van der Waals surface area contributed by atoms with Crippen LogP contribution in [0.4, 0.5) is 0 Å². The highest BCUT2D eigenvalue weighted by atomic mass is 79.9. The van der Waals surface area contributed by atoms with Crippen molar-refractivity contribution < 1.29 is 9.90 Å². The van der Waals surface area contributed by atoms with Crippen LogP contribution in [-0.4, -0.2) is 16.1 Å². The molecule has 0 unspecified atom stereocenters. The quantitative estimate of drug-likeness (QED) is 0.882. The van der Waals surface area contributed by atoms with Crippen molar-refractivity contribution in [1.29, 1.82) is 0 Å². The van der Waals surface area contributed by atoms with Crippen LogP contribution in [0.3, 0.4) is 0 Å². The molecule has 0 aliphatic heterocycles. The Hall–Kier alpha value is -1.07. The topological polar surface area (TPSA) is 53.1 Å². The first-order valence-corrected chi connectivity index (χ1v) is 5.46. The first kappa shape index (κ1) is 9.48. The van der Waals surface area contributed by atoms with Gasteiger partial charge in [-0.1, -0.05) is 0 Å². The molecule has 0 fully saturated rings. The number of hydrogen-bond acceptors (Lipinski definition) is 2. The number of carboxylic acids is 1. The van der Waals surface area contributed by atoms with Gasteiger partial charge in [0.05, 0.1) is 3.79 Å². The number of aromatic carboxylic acids is 1. The highest BCUT2D eigenvalue weighted by molar-refractivity contribution is 9.11. The minimum absolute atomic E-state index is 0.236. The molecule has 72 valence electrons. The summed E-state index contributed by atoms with van der Waals surface area (Å²) in [6.07, 6.45) is 1.63. The van der Waals surface area contributed by atoms with Crippen molar-refractivity contribution in [2.45, 2.75) is 0 Å². The fourth-order valence-corrected chi connectivity index (χ4v) is 2.63. The third-order valence-electron chi connectivity index (χ3n) is 1.80. The maximum Gasteiger partial charge on any atom is 0.352 e. The number of H-pyrrole nitrogens is 1. The second-order valence-electron chi connectivity index (χ2n) is 2.68. The normalized spacial score (nSPS) is 10.4. The predicted molar refractivity (Wildman–Crippen MR) is 58.8 cm³/mol. The molecule has 3 nitrogen and oxygen atoms in total. The summed E-state index contributed by atoms with van der Waals surface area (Å²) in [5, 5.41) is 8.88. The Balaban J connectivity index is 2.51. The van der Waals surface area contributed by atoms with Crippen LogP contribution in [0.25, 0.3) is 10.4 Å². The van der Waals surface area contributed by atoms with Crippen molar-refractivity contribution in [2.24, 2.45) is 0 Å². The monoisotopic (exact) mass is 271 g/mol. The van der Waals surface area contributed by atoms with E-state index in [-0.39, 0.29) is 5.69 Å². The second kappa shape index (κ2) is 3.59. The molecule has 0 aliphatic rings. The SMILES string of the molecule is O=C(O)c1[nH]ccc1-c1ccc(Br)s1. The zero-order valence-electron chi connectivity index (χ0n) is 6.95. The van der Waals surface area contributed by atoms with Crippen LogP contribution in [0.1, 0.15) is 10.5 Å². The maximum atomic E-state index is 10.8. The largest absolute Gasteiger partial charge is 0.477 e. The highest BCUT2D eigenvalue weighted by Crippen LogP contribution is 2.32. The van der Waals surface area contributed by atoms with E-state index in [1.165, 1.54) is 11.3 Å². The summed E-state index contributed by atoms with van der Waals surface area (Å²) in [5.74, 6) is -0.936. The molecule has 0 radical (unpaired) electrons. The molecule has 0 spiro atoms. The smallest absolute Gasteiger partial charge is 0.352 e. The highest BCUT2D eigenvalue weighted by Gasteiger charge is 2.13. The van der Waals surface area contributed by atoms with E-state index in [2.05, 4.69) is 20.9 Å². The molecule has 2 N–H and O–H groups in total. The molecule has 0 amide bonds. The van der Waals surface area contributed by atoms with E-state index in [9.17, 15) is 4.79 Å². The number of aromatic nitrogens is 1. The van der Waals surface area contributed by atoms with Gasteiger partial charge in [0.1, 0.15) is 5.69 Å². The minimum atomic E-state index is -0.936. The van der Waals surface area contributed by atoms with Gasteiger partial charge in [0.15, 0.2) is 0 Å². The number of nitrogens with one attached hydrogen (secondary N) is 1. The van der Waals surface area contributed by atoms with E-state index >= 15 is 0 Å². The van der Waals surface area contributed by atoms with Crippen molar-refractivity contribution in [2.75, 3.05) is 0 Å². The van der Waals surface area contributed by atoms with E-state index in [0.717, 1.165) is 14.2 Å². The number of carboxylic acid groups (broad SMARTS) is 1. The van der Waals surface area contributed by atoms with Crippen LogP contribution >= 0.6 is 27.3 Å². The van der Waals surface area contributed by atoms with Crippen LogP contribution in [0, 0.1) is 0 Å². The fourth-order valence-electron chi connectivity index (χ4n) is 1.21. The Bertz CT molecular complexity index is 475. The molecule has 0 aliphatic carbocycles. The number of rotatable bonds is 2. The molecule has 0 saturated heterocycles. The zero-order valence-corrected chi connectivity index (χ0v) is 9.35. The lowest BCUT2D eigenvalue weighted by atomic mass is 10.2. The minimum Gasteiger partial charge on any atom is -0.477 e. The van der Waals surface area contributed by atoms with Gasteiger partial charge in [-0.2, -0.15) is 0 Å². The average molecular weight is 272 g/mol. The number of hydrogen-bond donors (Lipinski definition) is 2.